The predicted octanol–water partition coefficient (Wildman–Crippen LogP) is 0.727. The summed E-state index contributed by atoms with van der Waals surface area (Å²) in [6, 6.07) is 3.47. The van der Waals surface area contributed by atoms with Crippen LogP contribution in [0, 0.1) is 0 Å². The zero-order valence-electron chi connectivity index (χ0n) is 10.4. The molecule has 1 amide bonds. The van der Waals surface area contributed by atoms with E-state index in [2.05, 4.69) is 10.3 Å². The van der Waals surface area contributed by atoms with E-state index >= 15 is 0 Å². The van der Waals surface area contributed by atoms with Gasteiger partial charge in [-0.1, -0.05) is 6.92 Å². The lowest BCUT2D eigenvalue weighted by molar-refractivity contribution is 0.0692. The third-order valence-corrected chi connectivity index (χ3v) is 2.24. The van der Waals surface area contributed by atoms with Gasteiger partial charge < -0.3 is 16.2 Å². The van der Waals surface area contributed by atoms with Gasteiger partial charge in [0.05, 0.1) is 11.3 Å². The smallest absolute Gasteiger partial charge is 0.272 e. The van der Waals surface area contributed by atoms with Crippen LogP contribution in [-0.4, -0.2) is 28.1 Å². The van der Waals surface area contributed by atoms with Gasteiger partial charge in [0.25, 0.3) is 5.91 Å². The largest absolute Gasteiger partial charge is 0.397 e. The number of nitrogen functional groups attached to an aromatic ring is 1. The van der Waals surface area contributed by atoms with Crippen LogP contribution in [0.25, 0.3) is 0 Å². The number of nitrogens with two attached hydrogens (primary N) is 1. The van der Waals surface area contributed by atoms with Gasteiger partial charge in [0.2, 0.25) is 0 Å². The monoisotopic (exact) mass is 237 g/mol. The summed E-state index contributed by atoms with van der Waals surface area (Å²) in [6.45, 7) is 5.35. The van der Waals surface area contributed by atoms with Gasteiger partial charge in [-0.25, -0.2) is 4.98 Å². The van der Waals surface area contributed by atoms with Crippen LogP contribution in [0.5, 0.6) is 0 Å². The molecule has 0 saturated heterocycles. The Morgan fingerprint density at radius 3 is 2.71 bits per heavy atom. The number of nitrogens with zero attached hydrogens (tertiary/aromatic N) is 1. The molecule has 1 aromatic rings. The first-order chi connectivity index (χ1) is 7.83. The minimum absolute atomic E-state index is 0.156. The molecule has 1 rings (SSSR count). The molecule has 0 radical (unpaired) electrons. The van der Waals surface area contributed by atoms with Crippen LogP contribution >= 0.6 is 0 Å². The Morgan fingerprint density at radius 2 is 2.18 bits per heavy atom. The van der Waals surface area contributed by atoms with Crippen molar-refractivity contribution in [1.29, 1.82) is 0 Å². The van der Waals surface area contributed by atoms with Gasteiger partial charge in [0, 0.05) is 12.2 Å². The van der Waals surface area contributed by atoms with Crippen LogP contribution in [-0.2, 0) is 6.42 Å². The molecule has 5 heteroatoms. The molecular formula is C12H19N3O2. The topological polar surface area (TPSA) is 88.2 Å². The maximum absolute atomic E-state index is 11.8. The maximum atomic E-state index is 11.8. The normalized spacial score (nSPS) is 11.3. The lowest BCUT2D eigenvalue weighted by atomic mass is 10.1. The van der Waals surface area contributed by atoms with Crippen LogP contribution in [0.1, 0.15) is 37.0 Å². The minimum atomic E-state index is -0.952. The van der Waals surface area contributed by atoms with Crippen molar-refractivity contribution >= 4 is 11.6 Å². The lowest BCUT2D eigenvalue weighted by Crippen LogP contribution is -2.38. The van der Waals surface area contributed by atoms with Crippen molar-refractivity contribution in [2.24, 2.45) is 0 Å². The Balaban J connectivity index is 2.81. The van der Waals surface area contributed by atoms with Crippen molar-refractivity contribution in [2.75, 3.05) is 12.3 Å². The zero-order chi connectivity index (χ0) is 13.1. The second-order valence-corrected chi connectivity index (χ2v) is 4.59. The summed E-state index contributed by atoms with van der Waals surface area (Å²) < 4.78 is 0. The Labute approximate surface area is 101 Å². The van der Waals surface area contributed by atoms with E-state index in [0.29, 0.717) is 5.69 Å². The SMILES string of the molecule is CCc1ccc(N)c(C(=O)NCC(C)(C)O)n1. The molecule has 94 valence electrons. The van der Waals surface area contributed by atoms with Crippen molar-refractivity contribution < 1.29 is 9.90 Å². The molecular weight excluding hydrogens is 218 g/mol. The fourth-order valence-corrected chi connectivity index (χ4v) is 1.27. The Kier molecular flexibility index (Phi) is 4.07. The highest BCUT2D eigenvalue weighted by molar-refractivity contribution is 5.97. The molecule has 0 aliphatic heterocycles. The summed E-state index contributed by atoms with van der Waals surface area (Å²) in [7, 11) is 0. The number of hydrogen-bond acceptors (Lipinski definition) is 4. The van der Waals surface area contributed by atoms with Crippen molar-refractivity contribution in [2.45, 2.75) is 32.8 Å². The number of amides is 1. The average molecular weight is 237 g/mol. The van der Waals surface area contributed by atoms with E-state index in [1.165, 1.54) is 0 Å². The molecule has 0 bridgehead atoms. The molecule has 5 nitrogen and oxygen atoms in total. The van der Waals surface area contributed by atoms with Crippen LogP contribution in [0.3, 0.4) is 0 Å². The van der Waals surface area contributed by atoms with Gasteiger partial charge in [0.15, 0.2) is 5.69 Å². The summed E-state index contributed by atoms with van der Waals surface area (Å²) >= 11 is 0. The third-order valence-electron chi connectivity index (χ3n) is 2.24. The van der Waals surface area contributed by atoms with Crippen molar-refractivity contribution in [3.05, 3.63) is 23.5 Å². The van der Waals surface area contributed by atoms with Crippen LogP contribution in [0.15, 0.2) is 12.1 Å². The number of aryl methyl sites for hydroxylation is 1. The molecule has 1 aromatic heterocycles. The molecule has 0 saturated carbocycles. The van der Waals surface area contributed by atoms with Gasteiger partial charge in [-0.2, -0.15) is 0 Å². The highest BCUT2D eigenvalue weighted by Crippen LogP contribution is 2.10. The Morgan fingerprint density at radius 1 is 1.53 bits per heavy atom. The Bertz CT molecular complexity index is 411. The fraction of sp³-hybridized carbons (Fsp3) is 0.500. The summed E-state index contributed by atoms with van der Waals surface area (Å²) in [4.78, 5) is 16.0. The molecule has 1 heterocycles. The van der Waals surface area contributed by atoms with E-state index in [0.717, 1.165) is 12.1 Å². The van der Waals surface area contributed by atoms with Crippen LogP contribution in [0.2, 0.25) is 0 Å². The second-order valence-electron chi connectivity index (χ2n) is 4.59. The zero-order valence-corrected chi connectivity index (χ0v) is 10.4. The number of rotatable bonds is 4. The van der Waals surface area contributed by atoms with E-state index < -0.39 is 5.60 Å². The summed E-state index contributed by atoms with van der Waals surface area (Å²) in [5, 5.41) is 12.1. The highest BCUT2D eigenvalue weighted by Gasteiger charge is 2.17. The second kappa shape index (κ2) is 5.14. The quantitative estimate of drug-likeness (QED) is 0.720. The summed E-state index contributed by atoms with van der Waals surface area (Å²) in [5.41, 5.74) is 6.12. The molecule has 0 unspecified atom stereocenters. The number of aromatic nitrogens is 1. The van der Waals surface area contributed by atoms with Crippen molar-refractivity contribution in [1.82, 2.24) is 10.3 Å². The van der Waals surface area contributed by atoms with Gasteiger partial charge in [-0.3, -0.25) is 4.79 Å². The molecule has 0 fully saturated rings. The number of carbonyl (C=O) groups excluding carboxylic acids is 1. The van der Waals surface area contributed by atoms with Gasteiger partial charge in [-0.15, -0.1) is 0 Å². The first kappa shape index (κ1) is 13.4. The van der Waals surface area contributed by atoms with E-state index in [4.69, 9.17) is 5.73 Å². The number of hydrogen-bond donors (Lipinski definition) is 3. The average Bonchev–Trinajstić information content (AvgIpc) is 2.25. The third kappa shape index (κ3) is 4.03. The predicted molar refractivity (Wildman–Crippen MR) is 66.7 cm³/mol. The van der Waals surface area contributed by atoms with Crippen LogP contribution in [0.4, 0.5) is 5.69 Å². The standard InChI is InChI=1S/C12H19N3O2/c1-4-8-5-6-9(13)10(15-8)11(16)14-7-12(2,3)17/h5-6,17H,4,7,13H2,1-3H3,(H,14,16). The van der Waals surface area contributed by atoms with Gasteiger partial charge in [-0.05, 0) is 32.4 Å². The minimum Gasteiger partial charge on any atom is -0.397 e. The van der Waals surface area contributed by atoms with E-state index in [1.54, 1.807) is 26.0 Å². The number of pyridine rings is 1. The highest BCUT2D eigenvalue weighted by atomic mass is 16.3. The van der Waals surface area contributed by atoms with Gasteiger partial charge in [0.1, 0.15) is 0 Å². The molecule has 17 heavy (non-hydrogen) atoms. The van der Waals surface area contributed by atoms with E-state index in [1.807, 2.05) is 6.92 Å². The summed E-state index contributed by atoms with van der Waals surface area (Å²) in [5.74, 6) is -0.361. The number of carbonyl (C=O) groups is 1. The first-order valence-electron chi connectivity index (χ1n) is 5.59. The fourth-order valence-electron chi connectivity index (χ4n) is 1.27. The van der Waals surface area contributed by atoms with E-state index in [9.17, 15) is 9.90 Å². The molecule has 0 aliphatic carbocycles. The first-order valence-corrected chi connectivity index (χ1v) is 5.59. The molecule has 0 aliphatic rings. The molecule has 0 aromatic carbocycles. The molecule has 0 spiro atoms. The number of aliphatic hydroxyl groups is 1. The number of anilines is 1. The van der Waals surface area contributed by atoms with E-state index in [-0.39, 0.29) is 18.1 Å². The van der Waals surface area contributed by atoms with Crippen molar-refractivity contribution in [3.8, 4) is 0 Å². The van der Waals surface area contributed by atoms with Gasteiger partial charge >= 0.3 is 0 Å². The lowest BCUT2D eigenvalue weighted by Gasteiger charge is -2.17. The molecule has 0 atom stereocenters. The van der Waals surface area contributed by atoms with Crippen molar-refractivity contribution in [3.63, 3.8) is 0 Å². The summed E-state index contributed by atoms with van der Waals surface area (Å²) in [6.07, 6.45) is 0.742. The maximum Gasteiger partial charge on any atom is 0.272 e. The Hall–Kier alpha value is -1.62. The number of nitrogens with one attached hydrogen (secondary N) is 1. The molecule has 4 N–H and O–H groups in total. The van der Waals surface area contributed by atoms with Crippen LogP contribution < -0.4 is 11.1 Å².